The number of hydrogen-bond donors (Lipinski definition) is 1. The predicted molar refractivity (Wildman–Crippen MR) is 130 cm³/mol. The van der Waals surface area contributed by atoms with Crippen LogP contribution < -0.4 is 5.32 Å². The van der Waals surface area contributed by atoms with Crippen LogP contribution in [0.3, 0.4) is 0 Å². The molecule has 1 N–H and O–H groups in total. The van der Waals surface area contributed by atoms with E-state index in [-0.39, 0.29) is 11.7 Å². The van der Waals surface area contributed by atoms with Crippen LogP contribution in [-0.2, 0) is 4.79 Å². The molecule has 0 radical (unpaired) electrons. The van der Waals surface area contributed by atoms with Crippen molar-refractivity contribution in [3.05, 3.63) is 82.1 Å². The zero-order valence-electron chi connectivity index (χ0n) is 17.3. The van der Waals surface area contributed by atoms with E-state index < -0.39 is 0 Å². The third kappa shape index (κ3) is 4.65. The first-order valence-corrected chi connectivity index (χ1v) is 11.5. The maximum absolute atomic E-state index is 12.7. The maximum Gasteiger partial charge on any atom is 0.234 e. The minimum Gasteiger partial charge on any atom is -0.323 e. The van der Waals surface area contributed by atoms with Crippen molar-refractivity contribution in [1.29, 1.82) is 0 Å². The molecule has 2 aromatic heterocycles. The summed E-state index contributed by atoms with van der Waals surface area (Å²) >= 11 is 13.8. The van der Waals surface area contributed by atoms with E-state index in [4.69, 9.17) is 23.2 Å². The minimum absolute atomic E-state index is 0.109. The monoisotopic (exact) mass is 483 g/mol. The number of hydrogen-bond acceptors (Lipinski definition) is 5. The number of pyridine rings is 1. The van der Waals surface area contributed by atoms with Gasteiger partial charge in [-0.2, -0.15) is 0 Å². The van der Waals surface area contributed by atoms with Gasteiger partial charge in [0.05, 0.1) is 27.2 Å². The summed E-state index contributed by atoms with van der Waals surface area (Å²) in [5.41, 5.74) is 4.07. The summed E-state index contributed by atoms with van der Waals surface area (Å²) < 4.78 is 1.94. The summed E-state index contributed by atoms with van der Waals surface area (Å²) in [6, 6.07) is 15.2. The first-order chi connectivity index (χ1) is 15.5. The molecule has 9 heteroatoms. The van der Waals surface area contributed by atoms with Crippen LogP contribution in [0.25, 0.3) is 17.1 Å². The van der Waals surface area contributed by atoms with Crippen LogP contribution in [0.1, 0.15) is 11.1 Å². The number of carbonyl (C=O) groups is 1. The molecule has 0 aliphatic rings. The Morgan fingerprint density at radius 3 is 2.59 bits per heavy atom. The van der Waals surface area contributed by atoms with E-state index in [1.165, 1.54) is 11.8 Å². The van der Waals surface area contributed by atoms with E-state index in [9.17, 15) is 4.79 Å². The van der Waals surface area contributed by atoms with Gasteiger partial charge in [-0.15, -0.1) is 10.2 Å². The van der Waals surface area contributed by atoms with Gasteiger partial charge in [-0.25, -0.2) is 0 Å². The fourth-order valence-electron chi connectivity index (χ4n) is 3.15. The Balaban J connectivity index is 1.62. The van der Waals surface area contributed by atoms with Crippen LogP contribution in [0.2, 0.25) is 10.0 Å². The average molecular weight is 484 g/mol. The number of nitrogens with zero attached hydrogens (tertiary/aromatic N) is 4. The Labute approximate surface area is 200 Å². The Bertz CT molecular complexity index is 1280. The summed E-state index contributed by atoms with van der Waals surface area (Å²) in [4.78, 5) is 16.9. The van der Waals surface area contributed by atoms with Crippen molar-refractivity contribution in [3.8, 4) is 17.1 Å². The highest BCUT2D eigenvalue weighted by Crippen LogP contribution is 2.33. The van der Waals surface area contributed by atoms with Crippen LogP contribution in [0.5, 0.6) is 0 Å². The number of anilines is 1. The van der Waals surface area contributed by atoms with Gasteiger partial charge in [-0.3, -0.25) is 14.3 Å². The van der Waals surface area contributed by atoms with Crippen LogP contribution in [-0.4, -0.2) is 31.4 Å². The lowest BCUT2D eigenvalue weighted by atomic mass is 10.2. The smallest absolute Gasteiger partial charge is 0.234 e. The van der Waals surface area contributed by atoms with Crippen molar-refractivity contribution >= 4 is 46.6 Å². The Hall–Kier alpha value is -2.87. The molecule has 2 aromatic carbocycles. The lowest BCUT2D eigenvalue weighted by molar-refractivity contribution is -0.113. The molecule has 0 atom stereocenters. The topological polar surface area (TPSA) is 72.7 Å². The lowest BCUT2D eigenvalue weighted by Crippen LogP contribution is -2.15. The van der Waals surface area contributed by atoms with Crippen molar-refractivity contribution in [2.75, 3.05) is 11.1 Å². The number of halogens is 2. The van der Waals surface area contributed by atoms with Crippen molar-refractivity contribution in [2.24, 2.45) is 0 Å². The molecule has 2 heterocycles. The van der Waals surface area contributed by atoms with Gasteiger partial charge in [-0.1, -0.05) is 59.2 Å². The molecule has 162 valence electrons. The normalized spacial score (nSPS) is 10.9. The van der Waals surface area contributed by atoms with Crippen molar-refractivity contribution in [1.82, 2.24) is 19.7 Å². The second kappa shape index (κ2) is 9.73. The van der Waals surface area contributed by atoms with E-state index in [2.05, 4.69) is 20.5 Å². The molecule has 0 fully saturated rings. The molecule has 0 bridgehead atoms. The van der Waals surface area contributed by atoms with Crippen molar-refractivity contribution in [2.45, 2.75) is 19.0 Å². The second-order valence-electron chi connectivity index (χ2n) is 7.06. The molecule has 0 saturated heterocycles. The number of aromatic nitrogens is 4. The predicted octanol–water partition coefficient (Wildman–Crippen LogP) is 5.98. The SMILES string of the molecule is Cc1ccccc1-n1c(SCC(=O)Nc2c(Cl)ccc(C)c2Cl)nnc1-c1cccnc1. The average Bonchev–Trinajstić information content (AvgIpc) is 3.22. The van der Waals surface area contributed by atoms with Crippen molar-refractivity contribution < 1.29 is 4.79 Å². The zero-order valence-corrected chi connectivity index (χ0v) is 19.7. The first-order valence-electron chi connectivity index (χ1n) is 9.74. The molecular weight excluding hydrogens is 465 g/mol. The number of aryl methyl sites for hydroxylation is 2. The third-order valence-corrected chi connectivity index (χ3v) is 6.52. The van der Waals surface area contributed by atoms with Crippen LogP contribution in [0.4, 0.5) is 5.69 Å². The van der Waals surface area contributed by atoms with Gasteiger partial charge in [-0.05, 0) is 49.2 Å². The lowest BCUT2D eigenvalue weighted by Gasteiger charge is -2.13. The Morgan fingerprint density at radius 2 is 1.84 bits per heavy atom. The summed E-state index contributed by atoms with van der Waals surface area (Å²) in [7, 11) is 0. The van der Waals surface area contributed by atoms with E-state index >= 15 is 0 Å². The molecule has 0 aliphatic carbocycles. The fourth-order valence-corrected chi connectivity index (χ4v) is 4.36. The van der Waals surface area contributed by atoms with Gasteiger partial charge in [0, 0.05) is 18.0 Å². The molecule has 1 amide bonds. The first kappa shape index (κ1) is 22.3. The summed E-state index contributed by atoms with van der Waals surface area (Å²) in [6.07, 6.45) is 3.45. The van der Waals surface area contributed by atoms with Crippen molar-refractivity contribution in [3.63, 3.8) is 0 Å². The summed E-state index contributed by atoms with van der Waals surface area (Å²) in [5, 5.41) is 13.0. The quantitative estimate of drug-likeness (QED) is 0.341. The van der Waals surface area contributed by atoms with Gasteiger partial charge in [0.15, 0.2) is 11.0 Å². The third-order valence-electron chi connectivity index (χ3n) is 4.79. The van der Waals surface area contributed by atoms with Crippen LogP contribution in [0, 0.1) is 13.8 Å². The van der Waals surface area contributed by atoms with Crippen LogP contribution >= 0.6 is 35.0 Å². The molecule has 0 saturated carbocycles. The second-order valence-corrected chi connectivity index (χ2v) is 8.79. The number of rotatable bonds is 6. The molecule has 4 rings (SSSR count). The Morgan fingerprint density at radius 1 is 1.03 bits per heavy atom. The summed E-state index contributed by atoms with van der Waals surface area (Å²) in [6.45, 7) is 3.87. The number of thioether (sulfide) groups is 1. The van der Waals surface area contributed by atoms with Gasteiger partial charge < -0.3 is 5.32 Å². The molecule has 6 nitrogen and oxygen atoms in total. The zero-order chi connectivity index (χ0) is 22.7. The van der Waals surface area contributed by atoms with E-state index in [0.29, 0.717) is 26.7 Å². The summed E-state index contributed by atoms with van der Waals surface area (Å²) in [5.74, 6) is 0.518. The highest BCUT2D eigenvalue weighted by atomic mass is 35.5. The molecule has 0 unspecified atom stereocenters. The molecule has 0 aliphatic heterocycles. The van der Waals surface area contributed by atoms with E-state index in [1.54, 1.807) is 24.5 Å². The molecular formula is C23H19Cl2N5OS. The van der Waals surface area contributed by atoms with Gasteiger partial charge >= 0.3 is 0 Å². The maximum atomic E-state index is 12.7. The van der Waals surface area contributed by atoms with Crippen LogP contribution in [0.15, 0.2) is 66.1 Å². The number of benzene rings is 2. The van der Waals surface area contributed by atoms with Gasteiger partial charge in [0.1, 0.15) is 0 Å². The highest BCUT2D eigenvalue weighted by Gasteiger charge is 2.19. The number of nitrogens with one attached hydrogen (secondary N) is 1. The number of amides is 1. The van der Waals surface area contributed by atoms with E-state index in [0.717, 1.165) is 22.4 Å². The molecule has 0 spiro atoms. The molecule has 32 heavy (non-hydrogen) atoms. The number of para-hydroxylation sites is 1. The largest absolute Gasteiger partial charge is 0.323 e. The van der Waals surface area contributed by atoms with Gasteiger partial charge in [0.2, 0.25) is 5.91 Å². The Kier molecular flexibility index (Phi) is 6.79. The van der Waals surface area contributed by atoms with Gasteiger partial charge in [0.25, 0.3) is 0 Å². The standard InChI is InChI=1S/C23H19Cl2N5OS/c1-14-6-3-4-8-18(14)30-22(16-7-5-11-26-12-16)28-29-23(30)32-13-19(31)27-21-17(24)10-9-15(2)20(21)25/h3-12H,13H2,1-2H3,(H,27,31). The number of carbonyl (C=O) groups excluding carboxylic acids is 1. The minimum atomic E-state index is -0.244. The fraction of sp³-hybridized carbons (Fsp3) is 0.130. The highest BCUT2D eigenvalue weighted by molar-refractivity contribution is 7.99. The van der Waals surface area contributed by atoms with E-state index in [1.807, 2.05) is 54.8 Å². The molecule has 4 aromatic rings.